The van der Waals surface area contributed by atoms with E-state index in [9.17, 15) is 4.79 Å². The van der Waals surface area contributed by atoms with Gasteiger partial charge in [-0.3, -0.25) is 4.79 Å². The van der Waals surface area contributed by atoms with Gasteiger partial charge in [0, 0.05) is 6.42 Å². The molecule has 0 aliphatic rings. The summed E-state index contributed by atoms with van der Waals surface area (Å²) in [5.41, 5.74) is 0. The van der Waals surface area contributed by atoms with Gasteiger partial charge in [0.15, 0.2) is 0 Å². The van der Waals surface area contributed by atoms with Crippen molar-refractivity contribution in [2.24, 2.45) is 0 Å². The van der Waals surface area contributed by atoms with Crippen molar-refractivity contribution in [2.75, 3.05) is 13.2 Å². The molecule has 0 bridgehead atoms. The Morgan fingerprint density at radius 1 is 1.13 bits per heavy atom. The van der Waals surface area contributed by atoms with Gasteiger partial charge in [-0.05, 0) is 20.3 Å². The van der Waals surface area contributed by atoms with Crippen LogP contribution in [0.15, 0.2) is 0 Å². The van der Waals surface area contributed by atoms with E-state index in [1.165, 1.54) is 12.8 Å². The Morgan fingerprint density at radius 2 is 1.87 bits per heavy atom. The highest BCUT2D eigenvalue weighted by Gasteiger charge is 2.02. The first kappa shape index (κ1) is 14.4. The Labute approximate surface area is 93.1 Å². The second-order valence-electron chi connectivity index (χ2n) is 3.95. The van der Waals surface area contributed by atoms with Crippen molar-refractivity contribution in [3.63, 3.8) is 0 Å². The molecule has 0 unspecified atom stereocenters. The molecule has 3 heteroatoms. The maximum atomic E-state index is 11.2. The predicted molar refractivity (Wildman–Crippen MR) is 60.8 cm³/mol. The van der Waals surface area contributed by atoms with Gasteiger partial charge in [0.1, 0.15) is 6.61 Å². The Morgan fingerprint density at radius 3 is 2.47 bits per heavy atom. The van der Waals surface area contributed by atoms with Crippen LogP contribution in [-0.2, 0) is 14.3 Å². The maximum Gasteiger partial charge on any atom is 0.305 e. The topological polar surface area (TPSA) is 35.5 Å². The maximum absolute atomic E-state index is 11.2. The zero-order valence-electron chi connectivity index (χ0n) is 10.3. The van der Waals surface area contributed by atoms with E-state index in [0.29, 0.717) is 19.6 Å². The first-order valence-corrected chi connectivity index (χ1v) is 5.94. The number of esters is 1. The number of rotatable bonds is 9. The number of carbonyl (C=O) groups is 1. The standard InChI is InChI=1S/C12H24O3/c1-4-5-6-7-8-12(13)15-10-9-14-11(2)3/h11H,4-10H2,1-3H3. The van der Waals surface area contributed by atoms with E-state index in [0.717, 1.165) is 12.8 Å². The zero-order chi connectivity index (χ0) is 11.5. The summed E-state index contributed by atoms with van der Waals surface area (Å²) < 4.78 is 10.3. The summed E-state index contributed by atoms with van der Waals surface area (Å²) in [6.45, 7) is 6.96. The largest absolute Gasteiger partial charge is 0.463 e. The lowest BCUT2D eigenvalue weighted by atomic mass is 10.2. The van der Waals surface area contributed by atoms with Gasteiger partial charge in [-0.15, -0.1) is 0 Å². The lowest BCUT2D eigenvalue weighted by Crippen LogP contribution is -2.13. The summed E-state index contributed by atoms with van der Waals surface area (Å²) >= 11 is 0. The van der Waals surface area contributed by atoms with Crippen LogP contribution < -0.4 is 0 Å². The van der Waals surface area contributed by atoms with Gasteiger partial charge in [-0.25, -0.2) is 0 Å². The van der Waals surface area contributed by atoms with E-state index in [1.54, 1.807) is 0 Å². The van der Waals surface area contributed by atoms with Crippen LogP contribution in [0.5, 0.6) is 0 Å². The predicted octanol–water partition coefficient (Wildman–Crippen LogP) is 2.93. The fourth-order valence-electron chi connectivity index (χ4n) is 1.21. The third-order valence-corrected chi connectivity index (χ3v) is 2.03. The second kappa shape index (κ2) is 9.97. The minimum Gasteiger partial charge on any atom is -0.463 e. The molecular formula is C12H24O3. The number of carbonyl (C=O) groups excluding carboxylic acids is 1. The van der Waals surface area contributed by atoms with Crippen LogP contribution in [0.2, 0.25) is 0 Å². The molecule has 0 saturated carbocycles. The number of hydrogen-bond acceptors (Lipinski definition) is 3. The molecule has 0 heterocycles. The normalized spacial score (nSPS) is 10.7. The molecular weight excluding hydrogens is 192 g/mol. The van der Waals surface area contributed by atoms with Gasteiger partial charge in [-0.1, -0.05) is 26.2 Å². The molecule has 0 N–H and O–H groups in total. The lowest BCUT2D eigenvalue weighted by molar-refractivity contribution is -0.145. The summed E-state index contributed by atoms with van der Waals surface area (Å²) in [5.74, 6) is -0.0986. The summed E-state index contributed by atoms with van der Waals surface area (Å²) in [6.07, 6.45) is 5.20. The minimum atomic E-state index is -0.0986. The van der Waals surface area contributed by atoms with Crippen LogP contribution in [0.1, 0.15) is 52.9 Å². The third-order valence-electron chi connectivity index (χ3n) is 2.03. The van der Waals surface area contributed by atoms with Crippen LogP contribution >= 0.6 is 0 Å². The summed E-state index contributed by atoms with van der Waals surface area (Å²) in [4.78, 5) is 11.2. The van der Waals surface area contributed by atoms with Crippen molar-refractivity contribution in [2.45, 2.75) is 59.0 Å². The fraction of sp³-hybridized carbons (Fsp3) is 0.917. The van der Waals surface area contributed by atoms with Gasteiger partial charge < -0.3 is 9.47 Å². The number of hydrogen-bond donors (Lipinski definition) is 0. The fourth-order valence-corrected chi connectivity index (χ4v) is 1.21. The number of unbranched alkanes of at least 4 members (excludes halogenated alkanes) is 3. The first-order valence-electron chi connectivity index (χ1n) is 5.94. The molecule has 15 heavy (non-hydrogen) atoms. The Kier molecular flexibility index (Phi) is 9.59. The second-order valence-corrected chi connectivity index (χ2v) is 3.95. The van der Waals surface area contributed by atoms with Crippen LogP contribution in [0.3, 0.4) is 0 Å². The highest BCUT2D eigenvalue weighted by molar-refractivity contribution is 5.69. The van der Waals surface area contributed by atoms with Crippen molar-refractivity contribution in [3.8, 4) is 0 Å². The van der Waals surface area contributed by atoms with Gasteiger partial charge in [-0.2, -0.15) is 0 Å². The van der Waals surface area contributed by atoms with E-state index in [1.807, 2.05) is 13.8 Å². The molecule has 0 spiro atoms. The highest BCUT2D eigenvalue weighted by Crippen LogP contribution is 2.03. The van der Waals surface area contributed by atoms with Crippen molar-refractivity contribution >= 4 is 5.97 Å². The van der Waals surface area contributed by atoms with E-state index < -0.39 is 0 Å². The zero-order valence-corrected chi connectivity index (χ0v) is 10.3. The SMILES string of the molecule is CCCCCCC(=O)OCCOC(C)C. The molecule has 0 atom stereocenters. The minimum absolute atomic E-state index is 0.0986. The van der Waals surface area contributed by atoms with Crippen LogP contribution in [0, 0.1) is 0 Å². The van der Waals surface area contributed by atoms with Gasteiger partial charge in [0.25, 0.3) is 0 Å². The van der Waals surface area contributed by atoms with E-state index in [-0.39, 0.29) is 12.1 Å². The molecule has 3 nitrogen and oxygen atoms in total. The summed E-state index contributed by atoms with van der Waals surface area (Å²) in [5, 5.41) is 0. The van der Waals surface area contributed by atoms with E-state index in [4.69, 9.17) is 9.47 Å². The molecule has 90 valence electrons. The molecule has 0 amide bonds. The van der Waals surface area contributed by atoms with Gasteiger partial charge in [0.2, 0.25) is 0 Å². The van der Waals surface area contributed by atoms with Crippen LogP contribution in [0.25, 0.3) is 0 Å². The first-order chi connectivity index (χ1) is 7.16. The quantitative estimate of drug-likeness (QED) is 0.439. The average molecular weight is 216 g/mol. The van der Waals surface area contributed by atoms with Gasteiger partial charge >= 0.3 is 5.97 Å². The average Bonchev–Trinajstić information content (AvgIpc) is 2.19. The smallest absolute Gasteiger partial charge is 0.305 e. The third kappa shape index (κ3) is 11.4. The molecule has 0 rings (SSSR count). The molecule has 0 radical (unpaired) electrons. The van der Waals surface area contributed by atoms with Crippen molar-refractivity contribution < 1.29 is 14.3 Å². The van der Waals surface area contributed by atoms with Crippen LogP contribution in [0.4, 0.5) is 0 Å². The van der Waals surface area contributed by atoms with Crippen molar-refractivity contribution in [1.29, 1.82) is 0 Å². The van der Waals surface area contributed by atoms with Crippen molar-refractivity contribution in [3.05, 3.63) is 0 Å². The monoisotopic (exact) mass is 216 g/mol. The molecule has 0 aliphatic heterocycles. The molecule has 0 aromatic heterocycles. The molecule has 0 saturated heterocycles. The number of ether oxygens (including phenoxy) is 2. The van der Waals surface area contributed by atoms with E-state index >= 15 is 0 Å². The lowest BCUT2D eigenvalue weighted by Gasteiger charge is -2.08. The summed E-state index contributed by atoms with van der Waals surface area (Å²) in [7, 11) is 0. The summed E-state index contributed by atoms with van der Waals surface area (Å²) in [6, 6.07) is 0. The van der Waals surface area contributed by atoms with Crippen LogP contribution in [-0.4, -0.2) is 25.3 Å². The molecule has 0 fully saturated rings. The molecule has 0 aromatic carbocycles. The highest BCUT2D eigenvalue weighted by atomic mass is 16.6. The Hall–Kier alpha value is -0.570. The molecule has 0 aliphatic carbocycles. The van der Waals surface area contributed by atoms with Crippen molar-refractivity contribution in [1.82, 2.24) is 0 Å². The Bertz CT molecular complexity index is 155. The van der Waals surface area contributed by atoms with E-state index in [2.05, 4.69) is 6.92 Å². The van der Waals surface area contributed by atoms with Gasteiger partial charge in [0.05, 0.1) is 12.7 Å². The molecule has 0 aromatic rings. The Balaban J connectivity index is 3.19.